The number of fused-ring (bicyclic) bond motifs is 1. The lowest BCUT2D eigenvalue weighted by atomic mass is 10.1. The van der Waals surface area contributed by atoms with Crippen LogP contribution in [0.1, 0.15) is 22.8 Å². The van der Waals surface area contributed by atoms with Crippen LogP contribution in [-0.4, -0.2) is 24.7 Å². The van der Waals surface area contributed by atoms with Crippen molar-refractivity contribution >= 4 is 27.5 Å². The van der Waals surface area contributed by atoms with E-state index >= 15 is 0 Å². The maximum atomic E-state index is 12.7. The molecular formula is C19H20N2O3S. The summed E-state index contributed by atoms with van der Waals surface area (Å²) >= 11 is 1.51. The predicted octanol–water partition coefficient (Wildman–Crippen LogP) is 3.56. The minimum atomic E-state index is -0.334. The molecule has 6 heteroatoms. The van der Waals surface area contributed by atoms with E-state index in [0.717, 1.165) is 16.6 Å². The van der Waals surface area contributed by atoms with Crippen molar-refractivity contribution in [2.75, 3.05) is 14.2 Å². The van der Waals surface area contributed by atoms with Gasteiger partial charge in [0.05, 0.1) is 30.0 Å². The Morgan fingerprint density at radius 1 is 1.20 bits per heavy atom. The largest absolute Gasteiger partial charge is 0.497 e. The van der Waals surface area contributed by atoms with Gasteiger partial charge in [0.1, 0.15) is 11.5 Å². The molecule has 130 valence electrons. The van der Waals surface area contributed by atoms with E-state index in [1.807, 2.05) is 17.7 Å². The Morgan fingerprint density at radius 2 is 2.00 bits per heavy atom. The number of ether oxygens (including phenoxy) is 2. The van der Waals surface area contributed by atoms with Gasteiger partial charge in [0.15, 0.2) is 4.80 Å². The molecule has 0 atom stereocenters. The molecule has 1 aromatic heterocycles. The van der Waals surface area contributed by atoms with Crippen molar-refractivity contribution in [2.45, 2.75) is 13.3 Å². The molecule has 0 radical (unpaired) electrons. The Balaban J connectivity index is 2.11. The number of carbonyl (C=O) groups excluding carboxylic acids is 1. The Hall–Kier alpha value is -2.60. The summed E-state index contributed by atoms with van der Waals surface area (Å²) in [5, 5.41) is 0. The molecule has 0 unspecified atom stereocenters. The predicted molar refractivity (Wildman–Crippen MR) is 99.6 cm³/mol. The molecule has 25 heavy (non-hydrogen) atoms. The molecule has 3 aromatic rings. The number of carbonyl (C=O) groups is 1. The Morgan fingerprint density at radius 3 is 2.68 bits per heavy atom. The van der Waals surface area contributed by atoms with Crippen molar-refractivity contribution < 1.29 is 14.3 Å². The molecule has 2 aromatic carbocycles. The van der Waals surface area contributed by atoms with Gasteiger partial charge in [-0.05, 0) is 30.2 Å². The number of hydrogen-bond acceptors (Lipinski definition) is 4. The number of benzene rings is 2. The second kappa shape index (κ2) is 7.11. The quantitative estimate of drug-likeness (QED) is 0.718. The van der Waals surface area contributed by atoms with Gasteiger partial charge in [-0.3, -0.25) is 4.79 Å². The van der Waals surface area contributed by atoms with Crippen LogP contribution in [0.15, 0.2) is 41.4 Å². The van der Waals surface area contributed by atoms with E-state index in [2.05, 4.69) is 24.0 Å². The summed E-state index contributed by atoms with van der Waals surface area (Å²) in [7, 11) is 5.04. The molecule has 0 N–H and O–H groups in total. The van der Waals surface area contributed by atoms with Crippen LogP contribution in [0.2, 0.25) is 0 Å². The summed E-state index contributed by atoms with van der Waals surface area (Å²) in [6, 6.07) is 11.3. The van der Waals surface area contributed by atoms with Gasteiger partial charge >= 0.3 is 0 Å². The van der Waals surface area contributed by atoms with Crippen LogP contribution in [0.3, 0.4) is 0 Å². The lowest BCUT2D eigenvalue weighted by Crippen LogP contribution is -2.14. The van der Waals surface area contributed by atoms with E-state index in [1.165, 1.54) is 24.0 Å². The van der Waals surface area contributed by atoms with Crippen molar-refractivity contribution in [3.63, 3.8) is 0 Å². The fourth-order valence-electron chi connectivity index (χ4n) is 2.80. The highest BCUT2D eigenvalue weighted by Crippen LogP contribution is 2.25. The first kappa shape index (κ1) is 17.2. The van der Waals surface area contributed by atoms with Gasteiger partial charge in [0, 0.05) is 13.1 Å². The molecule has 0 aliphatic carbocycles. The average molecular weight is 356 g/mol. The van der Waals surface area contributed by atoms with E-state index in [0.29, 0.717) is 21.9 Å². The van der Waals surface area contributed by atoms with Crippen LogP contribution in [0.25, 0.3) is 10.2 Å². The smallest absolute Gasteiger partial charge is 0.283 e. The van der Waals surface area contributed by atoms with E-state index in [4.69, 9.17) is 9.47 Å². The molecule has 0 fully saturated rings. The van der Waals surface area contributed by atoms with E-state index in [-0.39, 0.29) is 5.91 Å². The highest BCUT2D eigenvalue weighted by molar-refractivity contribution is 7.16. The summed E-state index contributed by atoms with van der Waals surface area (Å²) in [4.78, 5) is 17.7. The van der Waals surface area contributed by atoms with E-state index in [9.17, 15) is 4.79 Å². The number of thiazole rings is 1. The average Bonchev–Trinajstić information content (AvgIpc) is 2.96. The molecule has 1 heterocycles. The molecular weight excluding hydrogens is 336 g/mol. The Labute approximate surface area is 150 Å². The zero-order valence-corrected chi connectivity index (χ0v) is 15.5. The van der Waals surface area contributed by atoms with E-state index < -0.39 is 0 Å². The minimum absolute atomic E-state index is 0.334. The van der Waals surface area contributed by atoms with Gasteiger partial charge in [-0.1, -0.05) is 30.4 Å². The summed E-state index contributed by atoms with van der Waals surface area (Å²) in [5.74, 6) is 0.749. The maximum Gasteiger partial charge on any atom is 0.283 e. The first-order valence-corrected chi connectivity index (χ1v) is 8.79. The Bertz CT molecular complexity index is 1000. The fourth-order valence-corrected chi connectivity index (χ4v) is 3.86. The summed E-state index contributed by atoms with van der Waals surface area (Å²) in [5.41, 5.74) is 2.78. The number of aromatic nitrogens is 1. The highest BCUT2D eigenvalue weighted by Gasteiger charge is 2.14. The number of methoxy groups -OCH3 is 2. The van der Waals surface area contributed by atoms with Gasteiger partial charge in [0.25, 0.3) is 5.91 Å². The van der Waals surface area contributed by atoms with Crippen molar-refractivity contribution in [1.29, 1.82) is 0 Å². The monoisotopic (exact) mass is 356 g/mol. The minimum Gasteiger partial charge on any atom is -0.497 e. The van der Waals surface area contributed by atoms with E-state index in [1.54, 1.807) is 25.3 Å². The topological polar surface area (TPSA) is 52.8 Å². The van der Waals surface area contributed by atoms with Crippen molar-refractivity contribution in [2.24, 2.45) is 12.0 Å². The van der Waals surface area contributed by atoms with Crippen molar-refractivity contribution in [3.8, 4) is 11.5 Å². The fraction of sp³-hybridized carbons (Fsp3) is 0.263. The van der Waals surface area contributed by atoms with Crippen LogP contribution in [0.5, 0.6) is 11.5 Å². The lowest BCUT2D eigenvalue weighted by molar-refractivity contribution is 0.0995. The molecule has 0 saturated carbocycles. The number of rotatable bonds is 4. The summed E-state index contributed by atoms with van der Waals surface area (Å²) in [6.07, 6.45) is 0.932. The van der Waals surface area contributed by atoms with Crippen molar-refractivity contribution in [1.82, 2.24) is 4.57 Å². The number of aryl methyl sites for hydroxylation is 2. The van der Waals surface area contributed by atoms with Crippen LogP contribution in [0, 0.1) is 0 Å². The molecule has 5 nitrogen and oxygen atoms in total. The molecule has 3 rings (SSSR count). The first-order valence-electron chi connectivity index (χ1n) is 7.97. The molecule has 1 amide bonds. The van der Waals surface area contributed by atoms with Crippen LogP contribution < -0.4 is 14.3 Å². The number of hydrogen-bond donors (Lipinski definition) is 0. The number of para-hydroxylation sites is 1. The lowest BCUT2D eigenvalue weighted by Gasteiger charge is -2.07. The normalized spacial score (nSPS) is 11.8. The maximum absolute atomic E-state index is 12.7. The summed E-state index contributed by atoms with van der Waals surface area (Å²) < 4.78 is 13.6. The molecule has 0 bridgehead atoms. The number of nitrogens with zero attached hydrogens (tertiary/aromatic N) is 2. The second-order valence-electron chi connectivity index (χ2n) is 5.54. The molecule has 0 spiro atoms. The van der Waals surface area contributed by atoms with Gasteiger partial charge in [-0.15, -0.1) is 0 Å². The van der Waals surface area contributed by atoms with Crippen molar-refractivity contribution in [3.05, 3.63) is 52.3 Å². The zero-order chi connectivity index (χ0) is 18.0. The third-order valence-electron chi connectivity index (χ3n) is 4.12. The SMILES string of the molecule is CCc1cccc2sc(=NC(=O)c3ccc(OC)cc3OC)n(C)c12. The van der Waals surface area contributed by atoms with Crippen LogP contribution in [-0.2, 0) is 13.5 Å². The molecule has 0 aliphatic rings. The van der Waals surface area contributed by atoms with Gasteiger partial charge in [-0.2, -0.15) is 4.99 Å². The third kappa shape index (κ3) is 3.17. The molecule has 0 aliphatic heterocycles. The second-order valence-corrected chi connectivity index (χ2v) is 6.55. The molecule has 0 saturated heterocycles. The van der Waals surface area contributed by atoms with Gasteiger partial charge < -0.3 is 14.0 Å². The first-order chi connectivity index (χ1) is 12.1. The number of amides is 1. The van der Waals surface area contributed by atoms with Crippen LogP contribution in [0.4, 0.5) is 0 Å². The Kier molecular flexibility index (Phi) is 4.90. The van der Waals surface area contributed by atoms with Crippen LogP contribution >= 0.6 is 11.3 Å². The van der Waals surface area contributed by atoms with Gasteiger partial charge in [-0.25, -0.2) is 0 Å². The summed E-state index contributed by atoms with van der Waals surface area (Å²) in [6.45, 7) is 2.12. The standard InChI is InChI=1S/C19H20N2O3S/c1-5-12-7-6-8-16-17(12)21(2)19(25-16)20-18(22)14-10-9-13(23-3)11-15(14)24-4/h6-11H,5H2,1-4H3. The third-order valence-corrected chi connectivity index (χ3v) is 5.22. The highest BCUT2D eigenvalue weighted by atomic mass is 32.1. The van der Waals surface area contributed by atoms with Gasteiger partial charge in [0.2, 0.25) is 0 Å². The zero-order valence-electron chi connectivity index (χ0n) is 14.7.